The summed E-state index contributed by atoms with van der Waals surface area (Å²) in [7, 11) is 2.05. The van der Waals surface area contributed by atoms with Crippen molar-refractivity contribution in [2.24, 2.45) is 0 Å². The number of nitrogens with one attached hydrogen (secondary N) is 1. The van der Waals surface area contributed by atoms with E-state index in [-0.39, 0.29) is 0 Å². The van der Waals surface area contributed by atoms with Gasteiger partial charge in [-0.05, 0) is 38.1 Å². The van der Waals surface area contributed by atoms with E-state index in [1.54, 1.807) is 0 Å². The first kappa shape index (κ1) is 14.9. The van der Waals surface area contributed by atoms with Crippen molar-refractivity contribution in [3.8, 4) is 0 Å². The zero-order chi connectivity index (χ0) is 13.4. The molecule has 1 N–H and O–H groups in total. The molecule has 1 aromatic rings. The quantitative estimate of drug-likeness (QED) is 0.717. The summed E-state index contributed by atoms with van der Waals surface area (Å²) in [6, 6.07) is 4.27. The predicted molar refractivity (Wildman–Crippen MR) is 76.1 cm³/mol. The number of hydrogen-bond donors (Lipinski definition) is 1. The molecule has 18 heavy (non-hydrogen) atoms. The number of nitrogens with zero attached hydrogens (tertiary/aromatic N) is 2. The summed E-state index contributed by atoms with van der Waals surface area (Å²) in [5.74, 6) is 1.02. The molecule has 0 spiro atoms. The van der Waals surface area contributed by atoms with Crippen LogP contribution < -0.4 is 10.2 Å². The van der Waals surface area contributed by atoms with E-state index in [9.17, 15) is 0 Å². The average Bonchev–Trinajstić information content (AvgIpc) is 2.36. The van der Waals surface area contributed by atoms with Gasteiger partial charge in [-0.3, -0.25) is 0 Å². The van der Waals surface area contributed by atoms with Crippen LogP contribution in [0.1, 0.15) is 25.1 Å². The summed E-state index contributed by atoms with van der Waals surface area (Å²) in [5, 5.41) is 3.34. The molecule has 0 bridgehead atoms. The molecule has 0 fully saturated rings. The number of ether oxygens (including phenoxy) is 1. The molecule has 0 aromatic carbocycles. The molecule has 0 atom stereocenters. The Morgan fingerprint density at radius 1 is 1.33 bits per heavy atom. The zero-order valence-corrected chi connectivity index (χ0v) is 12.0. The smallest absolute Gasteiger partial charge is 0.128 e. The van der Waals surface area contributed by atoms with Gasteiger partial charge in [0.15, 0.2) is 0 Å². The van der Waals surface area contributed by atoms with E-state index < -0.39 is 0 Å². The normalized spacial score (nSPS) is 10.7. The van der Waals surface area contributed by atoms with Gasteiger partial charge in [0.05, 0.1) is 6.61 Å². The third-order valence-corrected chi connectivity index (χ3v) is 2.75. The minimum absolute atomic E-state index is 0.741. The number of pyridine rings is 1. The first-order chi connectivity index (χ1) is 8.67. The lowest BCUT2D eigenvalue weighted by Crippen LogP contribution is -2.24. The van der Waals surface area contributed by atoms with Crippen LogP contribution in [0.25, 0.3) is 0 Å². The highest BCUT2D eigenvalue weighted by Gasteiger charge is 2.05. The van der Waals surface area contributed by atoms with Gasteiger partial charge >= 0.3 is 0 Å². The van der Waals surface area contributed by atoms with Crippen LogP contribution in [0, 0.1) is 6.92 Å². The second-order valence-corrected chi connectivity index (χ2v) is 4.37. The maximum absolute atomic E-state index is 5.37. The Kier molecular flexibility index (Phi) is 6.68. The van der Waals surface area contributed by atoms with Crippen LogP contribution in [0.15, 0.2) is 12.1 Å². The van der Waals surface area contributed by atoms with Gasteiger partial charge in [-0.1, -0.05) is 6.92 Å². The van der Waals surface area contributed by atoms with Crippen molar-refractivity contribution in [2.45, 2.75) is 27.3 Å². The predicted octanol–water partition coefficient (Wildman–Crippen LogP) is 1.97. The summed E-state index contributed by atoms with van der Waals surface area (Å²) in [6.45, 7) is 10.4. The SMILES string of the molecule is CCNCc1cc(C)nc(N(C)CCOCC)c1. The fourth-order valence-electron chi connectivity index (χ4n) is 1.75. The lowest BCUT2D eigenvalue weighted by molar-refractivity contribution is 0.154. The molecule has 0 saturated heterocycles. The highest BCUT2D eigenvalue weighted by molar-refractivity contribution is 5.41. The van der Waals surface area contributed by atoms with Gasteiger partial charge in [-0.25, -0.2) is 4.98 Å². The van der Waals surface area contributed by atoms with Gasteiger partial charge in [0.1, 0.15) is 5.82 Å². The monoisotopic (exact) mass is 251 g/mol. The van der Waals surface area contributed by atoms with Crippen LogP contribution in [-0.2, 0) is 11.3 Å². The van der Waals surface area contributed by atoms with Crippen LogP contribution in [0.4, 0.5) is 5.82 Å². The topological polar surface area (TPSA) is 37.4 Å². The lowest BCUT2D eigenvalue weighted by atomic mass is 10.2. The molecule has 0 amide bonds. The highest BCUT2D eigenvalue weighted by atomic mass is 16.5. The van der Waals surface area contributed by atoms with Crippen molar-refractivity contribution in [2.75, 3.05) is 38.3 Å². The molecule has 1 heterocycles. The number of aryl methyl sites for hydroxylation is 1. The Balaban J connectivity index is 2.65. The van der Waals surface area contributed by atoms with Crippen LogP contribution >= 0.6 is 0 Å². The molecule has 0 aliphatic heterocycles. The van der Waals surface area contributed by atoms with Crippen molar-refractivity contribution in [1.29, 1.82) is 0 Å². The van der Waals surface area contributed by atoms with Crippen molar-refractivity contribution in [3.63, 3.8) is 0 Å². The van der Waals surface area contributed by atoms with Crippen molar-refractivity contribution in [1.82, 2.24) is 10.3 Å². The third-order valence-electron chi connectivity index (χ3n) is 2.75. The molecule has 0 aliphatic rings. The summed E-state index contributed by atoms with van der Waals surface area (Å²) < 4.78 is 5.37. The van der Waals surface area contributed by atoms with Crippen molar-refractivity contribution < 1.29 is 4.74 Å². The second kappa shape index (κ2) is 8.06. The molecule has 102 valence electrons. The average molecular weight is 251 g/mol. The summed E-state index contributed by atoms with van der Waals surface area (Å²) >= 11 is 0. The van der Waals surface area contributed by atoms with E-state index in [2.05, 4.69) is 41.3 Å². The van der Waals surface area contributed by atoms with Gasteiger partial charge in [0, 0.05) is 32.4 Å². The fourth-order valence-corrected chi connectivity index (χ4v) is 1.75. The van der Waals surface area contributed by atoms with Gasteiger partial charge < -0.3 is 15.0 Å². The van der Waals surface area contributed by atoms with Gasteiger partial charge in [-0.15, -0.1) is 0 Å². The second-order valence-electron chi connectivity index (χ2n) is 4.37. The Labute approximate surface area is 110 Å². The van der Waals surface area contributed by atoms with Crippen LogP contribution in [-0.4, -0.2) is 38.3 Å². The van der Waals surface area contributed by atoms with Crippen LogP contribution in [0.2, 0.25) is 0 Å². The molecule has 1 aromatic heterocycles. The zero-order valence-electron chi connectivity index (χ0n) is 12.0. The lowest BCUT2D eigenvalue weighted by Gasteiger charge is -2.19. The summed E-state index contributed by atoms with van der Waals surface area (Å²) in [6.07, 6.45) is 0. The molecule has 0 radical (unpaired) electrons. The fraction of sp³-hybridized carbons (Fsp3) is 0.643. The third kappa shape index (κ3) is 5.02. The molecule has 0 saturated carbocycles. The minimum atomic E-state index is 0.741. The highest BCUT2D eigenvalue weighted by Crippen LogP contribution is 2.13. The van der Waals surface area contributed by atoms with E-state index in [1.165, 1.54) is 5.56 Å². The van der Waals surface area contributed by atoms with E-state index in [0.717, 1.165) is 44.4 Å². The molecule has 4 heteroatoms. The van der Waals surface area contributed by atoms with Gasteiger partial charge in [-0.2, -0.15) is 0 Å². The maximum Gasteiger partial charge on any atom is 0.128 e. The number of aromatic nitrogens is 1. The number of likely N-dealkylation sites (N-methyl/N-ethyl adjacent to an activating group) is 1. The molecule has 1 rings (SSSR count). The Bertz CT molecular complexity index is 355. The number of hydrogen-bond acceptors (Lipinski definition) is 4. The number of anilines is 1. The van der Waals surface area contributed by atoms with Crippen LogP contribution in [0.5, 0.6) is 0 Å². The first-order valence-corrected chi connectivity index (χ1v) is 6.64. The van der Waals surface area contributed by atoms with E-state index in [4.69, 9.17) is 4.74 Å². The molecular formula is C14H25N3O. The maximum atomic E-state index is 5.37. The van der Waals surface area contributed by atoms with Crippen molar-refractivity contribution >= 4 is 5.82 Å². The Morgan fingerprint density at radius 2 is 2.11 bits per heavy atom. The summed E-state index contributed by atoms with van der Waals surface area (Å²) in [4.78, 5) is 6.70. The van der Waals surface area contributed by atoms with Gasteiger partial charge in [0.2, 0.25) is 0 Å². The van der Waals surface area contributed by atoms with E-state index in [0.29, 0.717) is 0 Å². The molecule has 4 nitrogen and oxygen atoms in total. The number of rotatable bonds is 8. The minimum Gasteiger partial charge on any atom is -0.380 e. The van der Waals surface area contributed by atoms with E-state index >= 15 is 0 Å². The standard InChI is InChI=1S/C14H25N3O/c1-5-15-11-13-9-12(3)16-14(10-13)17(4)7-8-18-6-2/h9-10,15H,5-8,11H2,1-4H3. The molecule has 0 aliphatic carbocycles. The van der Waals surface area contributed by atoms with E-state index in [1.807, 2.05) is 13.8 Å². The summed E-state index contributed by atoms with van der Waals surface area (Å²) in [5.41, 5.74) is 2.34. The van der Waals surface area contributed by atoms with Gasteiger partial charge in [0.25, 0.3) is 0 Å². The van der Waals surface area contributed by atoms with Crippen LogP contribution in [0.3, 0.4) is 0 Å². The Morgan fingerprint density at radius 3 is 2.78 bits per heavy atom. The first-order valence-electron chi connectivity index (χ1n) is 6.64. The Hall–Kier alpha value is -1.13. The van der Waals surface area contributed by atoms with Crippen molar-refractivity contribution in [3.05, 3.63) is 23.4 Å². The largest absolute Gasteiger partial charge is 0.380 e. The molecule has 0 unspecified atom stereocenters. The molecular weight excluding hydrogens is 226 g/mol.